The van der Waals surface area contributed by atoms with Gasteiger partial charge < -0.3 is 4.74 Å². The second-order valence-electron chi connectivity index (χ2n) is 7.43. The molecule has 1 fully saturated rings. The van der Waals surface area contributed by atoms with Gasteiger partial charge in [-0.1, -0.05) is 38.4 Å². The Balaban J connectivity index is 1.74. The molecule has 26 heavy (non-hydrogen) atoms. The van der Waals surface area contributed by atoms with Crippen LogP contribution in [0.25, 0.3) is 11.5 Å². The van der Waals surface area contributed by atoms with Crippen molar-refractivity contribution in [3.63, 3.8) is 0 Å². The Hall–Kier alpha value is -2.44. The standard InChI is InChI=1S/C19H25N3O4/c1-12(2)14-8-7-13(3)10-16(14)25-17(23)11-22-18(21-26-19(22)24)15-6-4-5-9-20-15/h4-6,9,12-14,16H,7-8,10-11H2,1-3H3/t13-,14-,16+/m1/s1. The first-order chi connectivity index (χ1) is 12.5. The number of hydrogen-bond donors (Lipinski definition) is 0. The molecule has 1 aliphatic carbocycles. The largest absolute Gasteiger partial charge is 0.461 e. The summed E-state index contributed by atoms with van der Waals surface area (Å²) in [6, 6.07) is 5.24. The van der Waals surface area contributed by atoms with E-state index in [-0.39, 0.29) is 18.5 Å². The Morgan fingerprint density at radius 1 is 1.38 bits per heavy atom. The fraction of sp³-hybridized carbons (Fsp3) is 0.579. The molecule has 0 aromatic carbocycles. The van der Waals surface area contributed by atoms with Crippen LogP contribution in [0, 0.1) is 17.8 Å². The van der Waals surface area contributed by atoms with E-state index in [9.17, 15) is 9.59 Å². The van der Waals surface area contributed by atoms with E-state index in [0.29, 0.717) is 23.4 Å². The van der Waals surface area contributed by atoms with Crippen LogP contribution < -0.4 is 5.76 Å². The van der Waals surface area contributed by atoms with Gasteiger partial charge in [-0.3, -0.25) is 14.3 Å². The summed E-state index contributed by atoms with van der Waals surface area (Å²) in [6.45, 7) is 6.27. The minimum absolute atomic E-state index is 0.111. The summed E-state index contributed by atoms with van der Waals surface area (Å²) in [5, 5.41) is 3.75. The number of pyridine rings is 1. The van der Waals surface area contributed by atoms with E-state index in [1.807, 2.05) is 0 Å². The van der Waals surface area contributed by atoms with Crippen molar-refractivity contribution in [2.75, 3.05) is 0 Å². The molecule has 3 rings (SSSR count). The maximum absolute atomic E-state index is 12.5. The van der Waals surface area contributed by atoms with Crippen LogP contribution in [0.15, 0.2) is 33.7 Å². The normalized spacial score (nSPS) is 23.2. The summed E-state index contributed by atoms with van der Waals surface area (Å²) in [5.41, 5.74) is 0.470. The zero-order valence-electron chi connectivity index (χ0n) is 15.4. The van der Waals surface area contributed by atoms with Gasteiger partial charge in [0.05, 0.1) is 0 Å². The Morgan fingerprint density at radius 3 is 2.88 bits per heavy atom. The molecule has 2 aromatic heterocycles. The van der Waals surface area contributed by atoms with E-state index in [4.69, 9.17) is 9.26 Å². The molecule has 0 bridgehead atoms. The highest BCUT2D eigenvalue weighted by Crippen LogP contribution is 2.35. The van der Waals surface area contributed by atoms with Crippen molar-refractivity contribution in [1.29, 1.82) is 0 Å². The van der Waals surface area contributed by atoms with E-state index in [1.165, 1.54) is 4.57 Å². The molecule has 0 N–H and O–H groups in total. The molecule has 1 saturated carbocycles. The monoisotopic (exact) mass is 359 g/mol. The second-order valence-corrected chi connectivity index (χ2v) is 7.43. The molecular weight excluding hydrogens is 334 g/mol. The summed E-state index contributed by atoms with van der Waals surface area (Å²) < 4.78 is 11.7. The van der Waals surface area contributed by atoms with Crippen LogP contribution in [0.2, 0.25) is 0 Å². The summed E-state index contributed by atoms with van der Waals surface area (Å²) in [4.78, 5) is 28.6. The van der Waals surface area contributed by atoms with Gasteiger partial charge in [-0.2, -0.15) is 0 Å². The molecule has 2 heterocycles. The number of carbonyl (C=O) groups is 1. The van der Waals surface area contributed by atoms with Gasteiger partial charge in [-0.15, -0.1) is 0 Å². The van der Waals surface area contributed by atoms with Crippen molar-refractivity contribution in [1.82, 2.24) is 14.7 Å². The lowest BCUT2D eigenvalue weighted by molar-refractivity contribution is -0.156. The molecule has 0 aliphatic heterocycles. The van der Waals surface area contributed by atoms with Crippen molar-refractivity contribution in [3.8, 4) is 11.5 Å². The maximum Gasteiger partial charge on any atom is 0.442 e. The van der Waals surface area contributed by atoms with E-state index in [0.717, 1.165) is 19.3 Å². The average molecular weight is 359 g/mol. The molecule has 0 unspecified atom stereocenters. The second kappa shape index (κ2) is 7.85. The molecule has 3 atom stereocenters. The van der Waals surface area contributed by atoms with Gasteiger partial charge >= 0.3 is 11.7 Å². The number of aromatic nitrogens is 3. The number of ether oxygens (including phenoxy) is 1. The molecule has 2 aromatic rings. The van der Waals surface area contributed by atoms with Crippen LogP contribution in [0.4, 0.5) is 0 Å². The number of hydrogen-bond acceptors (Lipinski definition) is 6. The first-order valence-electron chi connectivity index (χ1n) is 9.13. The lowest BCUT2D eigenvalue weighted by atomic mass is 9.75. The predicted molar refractivity (Wildman–Crippen MR) is 95.2 cm³/mol. The summed E-state index contributed by atoms with van der Waals surface area (Å²) in [6.07, 6.45) is 4.56. The molecular formula is C19H25N3O4. The van der Waals surface area contributed by atoms with Crippen molar-refractivity contribution < 1.29 is 14.1 Å². The Labute approximate surface area is 152 Å². The van der Waals surface area contributed by atoms with Crippen LogP contribution >= 0.6 is 0 Å². The molecule has 140 valence electrons. The van der Waals surface area contributed by atoms with Crippen molar-refractivity contribution in [3.05, 3.63) is 34.9 Å². The Morgan fingerprint density at radius 2 is 2.19 bits per heavy atom. The first kappa shape index (κ1) is 18.4. The van der Waals surface area contributed by atoms with Crippen LogP contribution in [0.1, 0.15) is 40.0 Å². The van der Waals surface area contributed by atoms with Crippen LogP contribution in [-0.2, 0) is 16.1 Å². The lowest BCUT2D eigenvalue weighted by Gasteiger charge is -2.36. The van der Waals surface area contributed by atoms with Gasteiger partial charge in [-0.05, 0) is 42.7 Å². The van der Waals surface area contributed by atoms with Crippen molar-refractivity contribution in [2.24, 2.45) is 17.8 Å². The van der Waals surface area contributed by atoms with Gasteiger partial charge in [0.25, 0.3) is 0 Å². The molecule has 0 amide bonds. The van der Waals surface area contributed by atoms with Crippen LogP contribution in [-0.4, -0.2) is 26.8 Å². The number of nitrogens with zero attached hydrogens (tertiary/aromatic N) is 3. The number of esters is 1. The third-order valence-electron chi connectivity index (χ3n) is 5.11. The fourth-order valence-electron chi connectivity index (χ4n) is 3.67. The molecule has 7 nitrogen and oxygen atoms in total. The Bertz CT molecular complexity index is 797. The summed E-state index contributed by atoms with van der Waals surface area (Å²) in [7, 11) is 0. The third kappa shape index (κ3) is 4.03. The maximum atomic E-state index is 12.5. The Kier molecular flexibility index (Phi) is 5.54. The fourth-order valence-corrected chi connectivity index (χ4v) is 3.67. The highest BCUT2D eigenvalue weighted by Gasteiger charge is 2.33. The smallest absolute Gasteiger partial charge is 0.442 e. The minimum Gasteiger partial charge on any atom is -0.461 e. The highest BCUT2D eigenvalue weighted by molar-refractivity contribution is 5.70. The van der Waals surface area contributed by atoms with E-state index >= 15 is 0 Å². The van der Waals surface area contributed by atoms with E-state index < -0.39 is 11.7 Å². The van der Waals surface area contributed by atoms with Gasteiger partial charge in [-0.25, -0.2) is 9.36 Å². The minimum atomic E-state index is -0.694. The summed E-state index contributed by atoms with van der Waals surface area (Å²) in [5.74, 6) is 0.416. The van der Waals surface area contributed by atoms with Gasteiger partial charge in [0.15, 0.2) is 0 Å². The van der Waals surface area contributed by atoms with Gasteiger partial charge in [0.2, 0.25) is 5.82 Å². The molecule has 0 saturated heterocycles. The number of carbonyl (C=O) groups excluding carboxylic acids is 1. The predicted octanol–water partition coefficient (Wildman–Crippen LogP) is 2.90. The van der Waals surface area contributed by atoms with Gasteiger partial charge in [0, 0.05) is 6.20 Å². The van der Waals surface area contributed by atoms with E-state index in [2.05, 4.69) is 30.9 Å². The van der Waals surface area contributed by atoms with Crippen molar-refractivity contribution >= 4 is 5.97 Å². The molecule has 1 aliphatic rings. The zero-order valence-corrected chi connectivity index (χ0v) is 15.4. The van der Waals surface area contributed by atoms with Crippen LogP contribution in [0.5, 0.6) is 0 Å². The average Bonchev–Trinajstić information content (AvgIpc) is 2.96. The quantitative estimate of drug-likeness (QED) is 0.763. The zero-order chi connectivity index (χ0) is 18.7. The topological polar surface area (TPSA) is 87.2 Å². The van der Waals surface area contributed by atoms with Crippen molar-refractivity contribution in [2.45, 2.75) is 52.7 Å². The van der Waals surface area contributed by atoms with Gasteiger partial charge in [0.1, 0.15) is 18.3 Å². The molecule has 0 spiro atoms. The highest BCUT2D eigenvalue weighted by atomic mass is 16.5. The third-order valence-corrected chi connectivity index (χ3v) is 5.11. The number of rotatable bonds is 5. The molecule has 0 radical (unpaired) electrons. The molecule has 7 heteroatoms. The van der Waals surface area contributed by atoms with E-state index in [1.54, 1.807) is 24.4 Å². The SMILES string of the molecule is CC(C)[C@H]1CC[C@@H](C)C[C@@H]1OC(=O)Cn1c(-c2ccccn2)noc1=O. The first-order valence-corrected chi connectivity index (χ1v) is 9.13. The lowest BCUT2D eigenvalue weighted by Crippen LogP contribution is -2.37. The van der Waals surface area contributed by atoms with Crippen LogP contribution in [0.3, 0.4) is 0 Å². The summed E-state index contributed by atoms with van der Waals surface area (Å²) >= 11 is 0.